The quantitative estimate of drug-likeness (QED) is 0.323. The summed E-state index contributed by atoms with van der Waals surface area (Å²) < 4.78 is 0. The van der Waals surface area contributed by atoms with Crippen molar-refractivity contribution in [1.82, 2.24) is 15.1 Å². The number of benzene rings is 1. The summed E-state index contributed by atoms with van der Waals surface area (Å²) in [7, 11) is 0. The lowest BCUT2D eigenvalue weighted by Crippen LogP contribution is -2.68. The van der Waals surface area contributed by atoms with Gasteiger partial charge in [-0.3, -0.25) is 14.6 Å². The first kappa shape index (κ1) is 34.3. The third-order valence-corrected chi connectivity index (χ3v) is 16.3. The monoisotopic (exact) mass is 657 g/mol. The van der Waals surface area contributed by atoms with Gasteiger partial charge in [0.2, 0.25) is 5.91 Å². The van der Waals surface area contributed by atoms with Gasteiger partial charge in [-0.25, -0.2) is 4.79 Å². The predicted molar refractivity (Wildman–Crippen MR) is 194 cm³/mol. The van der Waals surface area contributed by atoms with Crippen LogP contribution in [0.1, 0.15) is 129 Å². The molecular weight excluding hydrogens is 594 g/mol. The first-order valence-corrected chi connectivity index (χ1v) is 19.5. The van der Waals surface area contributed by atoms with Gasteiger partial charge in [0.05, 0.1) is 12.1 Å². The molecule has 0 bridgehead atoms. The van der Waals surface area contributed by atoms with Crippen molar-refractivity contribution in [1.29, 1.82) is 0 Å². The van der Waals surface area contributed by atoms with Crippen LogP contribution in [0.5, 0.6) is 0 Å². The number of carboxylic acid groups (broad SMARTS) is 1. The standard InChI is InChI=1S/C42H63N3O3/c1-28(2)45-25-23-44(24-26-45)27-36(46)43-42-18-8-9-33(42)32-14-15-35-39(5)19-16-31(29-10-12-30(13-11-29)37(47)48)38(3,4)34(39)17-20-41(35,7)40(32,6)21-22-42/h10-13,16,28,32-35H,8-9,14-15,17-27H2,1-7H3,(H,43,46)(H,47,48)/t32-,33?,34?,35?,39+,40-,41-,42+/m1/s1. The van der Waals surface area contributed by atoms with E-state index in [1.54, 1.807) is 12.1 Å². The van der Waals surface area contributed by atoms with E-state index in [4.69, 9.17) is 0 Å². The predicted octanol–water partition coefficient (Wildman–Crippen LogP) is 8.13. The molecule has 6 heteroatoms. The smallest absolute Gasteiger partial charge is 0.335 e. The van der Waals surface area contributed by atoms with Gasteiger partial charge in [0, 0.05) is 37.8 Å². The molecule has 5 fully saturated rings. The molecule has 1 saturated heterocycles. The van der Waals surface area contributed by atoms with E-state index in [1.807, 2.05) is 12.1 Å². The van der Waals surface area contributed by atoms with Crippen LogP contribution >= 0.6 is 0 Å². The van der Waals surface area contributed by atoms with Crippen molar-refractivity contribution < 1.29 is 14.7 Å². The lowest BCUT2D eigenvalue weighted by molar-refractivity contribution is -0.217. The van der Waals surface area contributed by atoms with E-state index < -0.39 is 5.97 Å². The number of allylic oxidation sites excluding steroid dienone is 2. The van der Waals surface area contributed by atoms with Crippen LogP contribution in [0.3, 0.4) is 0 Å². The summed E-state index contributed by atoms with van der Waals surface area (Å²) in [6.45, 7) is 22.1. The number of piperazine rings is 1. The van der Waals surface area contributed by atoms with Gasteiger partial charge in [0.15, 0.2) is 0 Å². The Morgan fingerprint density at radius 1 is 0.833 bits per heavy atom. The maximum atomic E-state index is 13.7. The van der Waals surface area contributed by atoms with Gasteiger partial charge in [0.25, 0.3) is 0 Å². The van der Waals surface area contributed by atoms with E-state index in [1.165, 1.54) is 56.1 Å². The zero-order chi connectivity index (χ0) is 34.3. The molecule has 2 N–H and O–H groups in total. The second-order valence-electron chi connectivity index (χ2n) is 18.7. The zero-order valence-corrected chi connectivity index (χ0v) is 31.0. The number of amides is 1. The molecule has 48 heavy (non-hydrogen) atoms. The van der Waals surface area contributed by atoms with Gasteiger partial charge in [-0.05, 0) is 140 Å². The van der Waals surface area contributed by atoms with Crippen molar-refractivity contribution in [3.63, 3.8) is 0 Å². The lowest BCUT2D eigenvalue weighted by atomic mass is 9.33. The molecule has 5 aliphatic carbocycles. The Morgan fingerprint density at radius 2 is 1.54 bits per heavy atom. The molecule has 4 saturated carbocycles. The molecule has 264 valence electrons. The topological polar surface area (TPSA) is 72.9 Å². The number of hydrogen-bond donors (Lipinski definition) is 2. The fourth-order valence-corrected chi connectivity index (χ4v) is 13.6. The molecule has 6 aliphatic rings. The minimum absolute atomic E-state index is 0.00796. The molecule has 7 rings (SSSR count). The van der Waals surface area contributed by atoms with E-state index >= 15 is 0 Å². The highest BCUT2D eigenvalue weighted by Gasteiger charge is 2.69. The molecule has 1 amide bonds. The Labute approximate surface area is 290 Å². The summed E-state index contributed by atoms with van der Waals surface area (Å²) in [5.41, 5.74) is 3.78. The third-order valence-electron chi connectivity index (χ3n) is 16.3. The van der Waals surface area contributed by atoms with Gasteiger partial charge in [0.1, 0.15) is 0 Å². The number of aromatic carboxylic acids is 1. The highest BCUT2D eigenvalue weighted by atomic mass is 16.4. The van der Waals surface area contributed by atoms with Crippen LogP contribution in [-0.4, -0.2) is 71.1 Å². The minimum Gasteiger partial charge on any atom is -0.478 e. The van der Waals surface area contributed by atoms with Crippen molar-refractivity contribution in [2.24, 2.45) is 45.3 Å². The summed E-state index contributed by atoms with van der Waals surface area (Å²) in [6.07, 6.45) is 14.8. The zero-order valence-electron chi connectivity index (χ0n) is 31.0. The lowest BCUT2D eigenvalue weighted by Gasteiger charge is -2.72. The Balaban J connectivity index is 1.09. The second kappa shape index (κ2) is 12.0. The van der Waals surface area contributed by atoms with E-state index in [0.717, 1.165) is 45.4 Å². The van der Waals surface area contributed by atoms with Crippen molar-refractivity contribution in [3.8, 4) is 0 Å². The van der Waals surface area contributed by atoms with Gasteiger partial charge in [-0.2, -0.15) is 0 Å². The normalized spacial score (nSPS) is 41.0. The molecule has 0 aromatic heterocycles. The molecule has 1 aromatic rings. The van der Waals surface area contributed by atoms with Crippen LogP contribution in [0.4, 0.5) is 0 Å². The van der Waals surface area contributed by atoms with Gasteiger partial charge < -0.3 is 10.4 Å². The van der Waals surface area contributed by atoms with Crippen LogP contribution in [-0.2, 0) is 4.79 Å². The Morgan fingerprint density at radius 3 is 2.21 bits per heavy atom. The van der Waals surface area contributed by atoms with Crippen LogP contribution in [0.15, 0.2) is 30.3 Å². The summed E-state index contributed by atoms with van der Waals surface area (Å²) >= 11 is 0. The molecule has 1 aliphatic heterocycles. The molecule has 1 aromatic carbocycles. The number of nitrogens with one attached hydrogen (secondary N) is 1. The summed E-state index contributed by atoms with van der Waals surface area (Å²) in [5, 5.41) is 13.2. The minimum atomic E-state index is -0.864. The number of hydrogen-bond acceptors (Lipinski definition) is 4. The molecule has 6 nitrogen and oxygen atoms in total. The summed E-state index contributed by atoms with van der Waals surface area (Å²) in [4.78, 5) is 30.1. The van der Waals surface area contributed by atoms with E-state index in [2.05, 4.69) is 69.7 Å². The Hall–Kier alpha value is -2.18. The van der Waals surface area contributed by atoms with Crippen molar-refractivity contribution in [2.75, 3.05) is 32.7 Å². The maximum Gasteiger partial charge on any atom is 0.335 e. The summed E-state index contributed by atoms with van der Waals surface area (Å²) in [6, 6.07) is 8.17. The number of carboxylic acids is 1. The highest BCUT2D eigenvalue weighted by molar-refractivity contribution is 5.88. The average Bonchev–Trinajstić information content (AvgIpc) is 3.45. The van der Waals surface area contributed by atoms with Gasteiger partial charge in [-0.1, -0.05) is 59.2 Å². The number of fused-ring (bicyclic) bond motifs is 7. The number of rotatable bonds is 6. The molecule has 3 unspecified atom stereocenters. The number of carbonyl (C=O) groups is 2. The molecule has 8 atom stereocenters. The van der Waals surface area contributed by atoms with Crippen LogP contribution in [0.25, 0.3) is 5.57 Å². The molecule has 1 heterocycles. The molecule has 0 radical (unpaired) electrons. The third kappa shape index (κ3) is 5.16. The second-order valence-corrected chi connectivity index (χ2v) is 18.7. The maximum absolute atomic E-state index is 13.7. The van der Waals surface area contributed by atoms with Gasteiger partial charge in [-0.15, -0.1) is 0 Å². The van der Waals surface area contributed by atoms with Crippen LogP contribution in [0.2, 0.25) is 0 Å². The van der Waals surface area contributed by atoms with Crippen molar-refractivity contribution >= 4 is 17.4 Å². The average molecular weight is 658 g/mol. The Bertz CT molecular complexity index is 1440. The van der Waals surface area contributed by atoms with E-state index in [9.17, 15) is 14.7 Å². The fourth-order valence-electron chi connectivity index (χ4n) is 13.6. The molecule has 0 spiro atoms. The first-order chi connectivity index (χ1) is 22.6. The largest absolute Gasteiger partial charge is 0.478 e. The van der Waals surface area contributed by atoms with Crippen LogP contribution in [0, 0.1) is 45.3 Å². The van der Waals surface area contributed by atoms with Crippen LogP contribution < -0.4 is 5.32 Å². The number of carbonyl (C=O) groups excluding carboxylic acids is 1. The van der Waals surface area contributed by atoms with E-state index in [-0.39, 0.29) is 22.3 Å². The van der Waals surface area contributed by atoms with Crippen molar-refractivity contribution in [2.45, 2.75) is 124 Å². The number of nitrogens with zero attached hydrogens (tertiary/aromatic N) is 2. The highest BCUT2D eigenvalue weighted by Crippen LogP contribution is 2.76. The molecular formula is C42H63N3O3. The Kier molecular flexibility index (Phi) is 8.54. The fraction of sp³-hybridized carbons (Fsp3) is 0.762. The summed E-state index contributed by atoms with van der Waals surface area (Å²) in [5.74, 6) is 1.96. The van der Waals surface area contributed by atoms with Crippen molar-refractivity contribution in [3.05, 3.63) is 41.5 Å². The SMILES string of the molecule is CC(C)N1CCN(CC(=O)N[C@]23CCCC2[C@H]2CCC4[C@@]5(C)CC=C(c6ccc(C(=O)O)cc6)C(C)(C)C5CC[C@@]4(C)[C@]2(C)CC3)CC1. The van der Waals surface area contributed by atoms with Gasteiger partial charge >= 0.3 is 5.97 Å². The van der Waals surface area contributed by atoms with E-state index in [0.29, 0.717) is 52.7 Å². The first-order valence-electron chi connectivity index (χ1n) is 19.5.